The van der Waals surface area contributed by atoms with Crippen LogP contribution in [0.5, 0.6) is 11.5 Å². The fourth-order valence-electron chi connectivity index (χ4n) is 3.10. The van der Waals surface area contributed by atoms with Crippen molar-refractivity contribution in [3.63, 3.8) is 0 Å². The zero-order valence-corrected chi connectivity index (χ0v) is 14.8. The van der Waals surface area contributed by atoms with E-state index in [0.717, 1.165) is 32.5 Å². The molecular weight excluding hydrogens is 346 g/mol. The monoisotopic (exact) mass is 369 g/mol. The van der Waals surface area contributed by atoms with Gasteiger partial charge in [-0.3, -0.25) is 0 Å². The number of benzene rings is 1. The first-order valence-corrected chi connectivity index (χ1v) is 8.92. The minimum Gasteiger partial charge on any atom is -0.485 e. The number of halogens is 1. The molecule has 1 atom stereocenters. The van der Waals surface area contributed by atoms with Crippen LogP contribution >= 0.6 is 11.6 Å². The van der Waals surface area contributed by atoms with Gasteiger partial charge in [-0.05, 0) is 44.0 Å². The van der Waals surface area contributed by atoms with Gasteiger partial charge in [0.25, 0.3) is 0 Å². The summed E-state index contributed by atoms with van der Waals surface area (Å²) in [5.74, 6) is 0.720. The number of piperidine rings is 1. The molecule has 2 aliphatic rings. The first-order chi connectivity index (χ1) is 12.1. The summed E-state index contributed by atoms with van der Waals surface area (Å²) < 4.78 is 16.6. The highest BCUT2D eigenvalue weighted by Gasteiger charge is 2.31. The van der Waals surface area contributed by atoms with Crippen LogP contribution in [0.1, 0.15) is 12.8 Å². The smallest absolute Gasteiger partial charge is 0.350 e. The maximum atomic E-state index is 12.3. The van der Waals surface area contributed by atoms with E-state index in [0.29, 0.717) is 35.6 Å². The van der Waals surface area contributed by atoms with Crippen LogP contribution in [-0.4, -0.2) is 56.4 Å². The zero-order valence-electron chi connectivity index (χ0n) is 14.1. The minimum absolute atomic E-state index is 0.0991. The van der Waals surface area contributed by atoms with E-state index in [1.165, 1.54) is 0 Å². The summed E-state index contributed by atoms with van der Waals surface area (Å²) >= 11 is 5.98. The molecule has 3 rings (SSSR count). The molecule has 0 aliphatic carbocycles. The van der Waals surface area contributed by atoms with Gasteiger partial charge in [-0.15, -0.1) is 0 Å². The van der Waals surface area contributed by atoms with E-state index < -0.39 is 12.1 Å². The van der Waals surface area contributed by atoms with Gasteiger partial charge in [0, 0.05) is 13.1 Å². The molecule has 1 unspecified atom stereocenters. The Morgan fingerprint density at radius 3 is 2.84 bits per heavy atom. The number of nitrogen functional groups attached to an aromatic ring is 1. The quantitative estimate of drug-likeness (QED) is 0.595. The third kappa shape index (κ3) is 4.29. The number of nitrogens with two attached hydrogens (primary N) is 2. The van der Waals surface area contributed by atoms with Gasteiger partial charge in [-0.1, -0.05) is 11.6 Å². The number of rotatable bonds is 5. The van der Waals surface area contributed by atoms with Crippen LogP contribution in [0.3, 0.4) is 0 Å². The molecule has 1 aromatic rings. The Balaban J connectivity index is 1.49. The van der Waals surface area contributed by atoms with Gasteiger partial charge in [0.1, 0.15) is 6.61 Å². The van der Waals surface area contributed by atoms with Crippen molar-refractivity contribution in [1.82, 2.24) is 4.90 Å². The second kappa shape index (κ2) is 8.12. The summed E-state index contributed by atoms with van der Waals surface area (Å²) in [4.78, 5) is 14.6. The molecule has 0 bridgehead atoms. The molecule has 0 radical (unpaired) electrons. The van der Waals surface area contributed by atoms with Crippen LogP contribution in [0.25, 0.3) is 0 Å². The Hall–Kier alpha value is -1.70. The summed E-state index contributed by atoms with van der Waals surface area (Å²) in [5, 5.41) is 0.362. The summed E-state index contributed by atoms with van der Waals surface area (Å²) in [6.45, 7) is 4.07. The minimum atomic E-state index is -0.828. The number of esters is 1. The summed E-state index contributed by atoms with van der Waals surface area (Å²) in [6.07, 6.45) is 1.17. The van der Waals surface area contributed by atoms with Crippen LogP contribution in [0.15, 0.2) is 12.1 Å². The van der Waals surface area contributed by atoms with Crippen LogP contribution in [0.2, 0.25) is 5.02 Å². The van der Waals surface area contributed by atoms with E-state index in [-0.39, 0.29) is 12.3 Å². The van der Waals surface area contributed by atoms with Crippen molar-refractivity contribution in [2.75, 3.05) is 45.1 Å². The zero-order chi connectivity index (χ0) is 17.8. The number of anilines is 1. The van der Waals surface area contributed by atoms with E-state index in [1.54, 1.807) is 12.1 Å². The van der Waals surface area contributed by atoms with E-state index in [1.807, 2.05) is 0 Å². The third-order valence-electron chi connectivity index (χ3n) is 4.63. The summed E-state index contributed by atoms with van der Waals surface area (Å²) in [5.41, 5.74) is 11.7. The molecule has 0 aromatic heterocycles. The van der Waals surface area contributed by atoms with Crippen molar-refractivity contribution < 1.29 is 19.0 Å². The second-order valence-corrected chi connectivity index (χ2v) is 6.82. The molecular formula is C17H24ClN3O4. The van der Waals surface area contributed by atoms with E-state index in [2.05, 4.69) is 4.90 Å². The number of ether oxygens (including phenoxy) is 3. The van der Waals surface area contributed by atoms with Gasteiger partial charge in [0.2, 0.25) is 6.10 Å². The lowest BCUT2D eigenvalue weighted by Crippen LogP contribution is -2.40. The van der Waals surface area contributed by atoms with Crippen LogP contribution in [-0.2, 0) is 9.53 Å². The largest absolute Gasteiger partial charge is 0.485 e. The third-order valence-corrected chi connectivity index (χ3v) is 4.96. The Bertz CT molecular complexity index is 620. The van der Waals surface area contributed by atoms with Gasteiger partial charge in [-0.2, -0.15) is 0 Å². The maximum absolute atomic E-state index is 12.3. The Morgan fingerprint density at radius 2 is 2.12 bits per heavy atom. The van der Waals surface area contributed by atoms with Crippen LogP contribution < -0.4 is 20.9 Å². The average molecular weight is 370 g/mol. The number of hydrogen-bond donors (Lipinski definition) is 2. The predicted molar refractivity (Wildman–Crippen MR) is 95.0 cm³/mol. The molecule has 1 fully saturated rings. The first kappa shape index (κ1) is 18.1. The molecule has 4 N–H and O–H groups in total. The lowest BCUT2D eigenvalue weighted by molar-refractivity contribution is -0.156. The van der Waals surface area contributed by atoms with Gasteiger partial charge >= 0.3 is 5.97 Å². The molecule has 1 aromatic carbocycles. The molecule has 25 heavy (non-hydrogen) atoms. The van der Waals surface area contributed by atoms with Crippen molar-refractivity contribution in [2.24, 2.45) is 11.7 Å². The number of carbonyl (C=O) groups is 1. The number of hydrogen-bond acceptors (Lipinski definition) is 7. The van der Waals surface area contributed by atoms with Crippen molar-refractivity contribution in [3.05, 3.63) is 17.2 Å². The molecule has 7 nitrogen and oxygen atoms in total. The highest BCUT2D eigenvalue weighted by molar-refractivity contribution is 6.33. The molecule has 0 amide bonds. The number of fused-ring (bicyclic) bond motifs is 1. The Kier molecular flexibility index (Phi) is 5.88. The topological polar surface area (TPSA) is 100 Å². The molecule has 0 spiro atoms. The standard InChI is InChI=1S/C17H24ClN3O4/c18-12-1-2-13-16(15(12)20)25-14(10-23-13)17(22)24-9-11-3-6-21(7-4-11)8-5-19/h1-2,11,14H,3-10,19-20H2. The molecule has 138 valence electrons. The number of likely N-dealkylation sites (tertiary alicyclic amines) is 1. The van der Waals surface area contributed by atoms with E-state index >= 15 is 0 Å². The number of nitrogens with zero attached hydrogens (tertiary/aromatic N) is 1. The normalized spacial score (nSPS) is 21.1. The van der Waals surface area contributed by atoms with Crippen molar-refractivity contribution >= 4 is 23.3 Å². The highest BCUT2D eigenvalue weighted by Crippen LogP contribution is 2.41. The Labute approximate surface area is 152 Å². The fraction of sp³-hybridized carbons (Fsp3) is 0.588. The van der Waals surface area contributed by atoms with Gasteiger partial charge in [0.15, 0.2) is 11.5 Å². The van der Waals surface area contributed by atoms with E-state index in [4.69, 9.17) is 37.3 Å². The van der Waals surface area contributed by atoms with Crippen LogP contribution in [0, 0.1) is 5.92 Å². The van der Waals surface area contributed by atoms with Crippen molar-refractivity contribution in [3.8, 4) is 11.5 Å². The lowest BCUT2D eigenvalue weighted by Gasteiger charge is -2.31. The van der Waals surface area contributed by atoms with Gasteiger partial charge < -0.3 is 30.6 Å². The molecule has 2 heterocycles. The molecule has 1 saturated heterocycles. The first-order valence-electron chi connectivity index (χ1n) is 8.55. The molecule has 0 saturated carbocycles. The highest BCUT2D eigenvalue weighted by atomic mass is 35.5. The fourth-order valence-corrected chi connectivity index (χ4v) is 3.25. The second-order valence-electron chi connectivity index (χ2n) is 6.41. The molecule has 8 heteroatoms. The Morgan fingerprint density at radius 1 is 1.36 bits per heavy atom. The van der Waals surface area contributed by atoms with Crippen molar-refractivity contribution in [2.45, 2.75) is 18.9 Å². The van der Waals surface area contributed by atoms with Gasteiger partial charge in [-0.25, -0.2) is 4.79 Å². The van der Waals surface area contributed by atoms with E-state index in [9.17, 15) is 4.79 Å². The average Bonchev–Trinajstić information content (AvgIpc) is 2.64. The SMILES string of the molecule is NCCN1CCC(COC(=O)C2COc3ccc(Cl)c(N)c3O2)CC1. The predicted octanol–water partition coefficient (Wildman–Crippen LogP) is 1.28. The van der Waals surface area contributed by atoms with Gasteiger partial charge in [0.05, 0.1) is 17.3 Å². The molecule has 2 aliphatic heterocycles. The van der Waals surface area contributed by atoms with Crippen molar-refractivity contribution in [1.29, 1.82) is 0 Å². The maximum Gasteiger partial charge on any atom is 0.350 e. The lowest BCUT2D eigenvalue weighted by atomic mass is 9.98. The number of carbonyl (C=O) groups excluding carboxylic acids is 1. The summed E-state index contributed by atoms with van der Waals surface area (Å²) in [7, 11) is 0. The summed E-state index contributed by atoms with van der Waals surface area (Å²) in [6, 6.07) is 3.31. The van der Waals surface area contributed by atoms with Crippen LogP contribution in [0.4, 0.5) is 5.69 Å².